The van der Waals surface area contributed by atoms with Crippen molar-refractivity contribution >= 4 is 5.91 Å². The molecule has 1 aromatic rings. The summed E-state index contributed by atoms with van der Waals surface area (Å²) in [6.45, 7) is 2.37. The van der Waals surface area contributed by atoms with Crippen molar-refractivity contribution in [3.63, 3.8) is 0 Å². The average Bonchev–Trinajstić information content (AvgIpc) is 2.25. The second-order valence-corrected chi connectivity index (χ2v) is 2.67. The van der Waals surface area contributed by atoms with Crippen LogP contribution in [0.1, 0.15) is 23.7 Å². The van der Waals surface area contributed by atoms with Gasteiger partial charge in [0.15, 0.2) is 0 Å². The minimum absolute atomic E-state index is 0.0784. The van der Waals surface area contributed by atoms with Crippen molar-refractivity contribution in [2.75, 3.05) is 6.54 Å². The Balaban J connectivity index is 2.39. The minimum atomic E-state index is -0.0784. The second-order valence-electron chi connectivity index (χ2n) is 2.67. The van der Waals surface area contributed by atoms with Crippen molar-refractivity contribution in [1.29, 1.82) is 0 Å². The van der Waals surface area contributed by atoms with Crippen molar-refractivity contribution in [3.8, 4) is 11.8 Å². The van der Waals surface area contributed by atoms with Gasteiger partial charge in [-0.2, -0.15) is 0 Å². The topological polar surface area (TPSA) is 42.0 Å². The van der Waals surface area contributed by atoms with E-state index in [4.69, 9.17) is 0 Å². The van der Waals surface area contributed by atoms with Gasteiger partial charge in [-0.15, -0.1) is 11.8 Å². The smallest absolute Gasteiger partial charge is 0.251 e. The lowest BCUT2D eigenvalue weighted by Crippen LogP contribution is -2.24. The molecule has 3 nitrogen and oxygen atoms in total. The molecule has 0 spiro atoms. The van der Waals surface area contributed by atoms with Gasteiger partial charge in [-0.1, -0.05) is 0 Å². The van der Waals surface area contributed by atoms with Crippen LogP contribution in [0.5, 0.6) is 0 Å². The van der Waals surface area contributed by atoms with Crippen LogP contribution in [0.15, 0.2) is 24.5 Å². The van der Waals surface area contributed by atoms with Crippen LogP contribution in [0.3, 0.4) is 0 Å². The molecule has 1 N–H and O–H groups in total. The Bertz CT molecular complexity index is 349. The largest absolute Gasteiger partial charge is 0.351 e. The number of nitrogens with one attached hydrogen (secondary N) is 1. The Morgan fingerprint density at radius 3 is 2.86 bits per heavy atom. The molecule has 0 bridgehead atoms. The van der Waals surface area contributed by atoms with Crippen LogP contribution in [0.25, 0.3) is 0 Å². The summed E-state index contributed by atoms with van der Waals surface area (Å²) in [6, 6.07) is 3.36. The maximum Gasteiger partial charge on any atom is 0.251 e. The molecule has 0 fully saturated rings. The third kappa shape index (κ3) is 3.28. The van der Waals surface area contributed by atoms with Gasteiger partial charge >= 0.3 is 0 Å². The van der Waals surface area contributed by atoms with Crippen LogP contribution in [0.4, 0.5) is 0 Å². The third-order valence-electron chi connectivity index (χ3n) is 1.65. The monoisotopic (exact) mass is 188 g/mol. The summed E-state index contributed by atoms with van der Waals surface area (Å²) < 4.78 is 0. The standard InChI is InChI=1S/C11H12N2O/c1-2-3-4-7-13-11(14)10-5-8-12-9-6-10/h5-6,8-9H,4,7H2,1H3,(H,13,14). The molecule has 0 saturated heterocycles. The molecule has 0 aliphatic carbocycles. The van der Waals surface area contributed by atoms with E-state index in [2.05, 4.69) is 22.1 Å². The normalized spacial score (nSPS) is 8.64. The number of rotatable bonds is 3. The molecule has 1 aromatic heterocycles. The summed E-state index contributed by atoms with van der Waals surface area (Å²) in [5.74, 6) is 5.57. The van der Waals surface area contributed by atoms with E-state index in [1.807, 2.05) is 0 Å². The Hall–Kier alpha value is -1.82. The van der Waals surface area contributed by atoms with Gasteiger partial charge in [0.1, 0.15) is 0 Å². The molecule has 0 aromatic carbocycles. The van der Waals surface area contributed by atoms with Crippen molar-refractivity contribution in [3.05, 3.63) is 30.1 Å². The molecule has 0 atom stereocenters. The number of nitrogens with zero attached hydrogens (tertiary/aromatic N) is 1. The zero-order valence-electron chi connectivity index (χ0n) is 8.08. The van der Waals surface area contributed by atoms with Crippen LogP contribution in [-0.2, 0) is 0 Å². The molecule has 0 aliphatic rings. The second kappa shape index (κ2) is 5.76. The molecule has 1 amide bonds. The first-order valence-corrected chi connectivity index (χ1v) is 4.42. The molecule has 72 valence electrons. The number of amides is 1. The van der Waals surface area contributed by atoms with Gasteiger partial charge in [0.2, 0.25) is 0 Å². The van der Waals surface area contributed by atoms with Crippen molar-refractivity contribution in [2.45, 2.75) is 13.3 Å². The number of pyridine rings is 1. The number of hydrogen-bond acceptors (Lipinski definition) is 2. The van der Waals surface area contributed by atoms with E-state index in [0.29, 0.717) is 18.5 Å². The average molecular weight is 188 g/mol. The fourth-order valence-electron chi connectivity index (χ4n) is 0.969. The van der Waals surface area contributed by atoms with Crippen LogP contribution < -0.4 is 5.32 Å². The highest BCUT2D eigenvalue weighted by Crippen LogP contribution is 1.94. The van der Waals surface area contributed by atoms with Crippen LogP contribution >= 0.6 is 0 Å². The maximum absolute atomic E-state index is 11.4. The molecule has 0 unspecified atom stereocenters. The molecule has 1 rings (SSSR count). The molecule has 0 radical (unpaired) electrons. The van der Waals surface area contributed by atoms with E-state index in [1.165, 1.54) is 0 Å². The lowest BCUT2D eigenvalue weighted by atomic mass is 10.2. The van der Waals surface area contributed by atoms with E-state index in [9.17, 15) is 4.79 Å². The highest BCUT2D eigenvalue weighted by Gasteiger charge is 2.01. The van der Waals surface area contributed by atoms with E-state index >= 15 is 0 Å². The van der Waals surface area contributed by atoms with E-state index in [1.54, 1.807) is 31.5 Å². The first-order valence-electron chi connectivity index (χ1n) is 4.42. The number of carbonyl (C=O) groups is 1. The van der Waals surface area contributed by atoms with Crippen LogP contribution in [0, 0.1) is 11.8 Å². The van der Waals surface area contributed by atoms with Crippen molar-refractivity contribution < 1.29 is 4.79 Å². The van der Waals surface area contributed by atoms with Gasteiger partial charge in [0.05, 0.1) is 0 Å². The van der Waals surface area contributed by atoms with Gasteiger partial charge in [0, 0.05) is 30.9 Å². The quantitative estimate of drug-likeness (QED) is 0.572. The fourth-order valence-corrected chi connectivity index (χ4v) is 0.969. The maximum atomic E-state index is 11.4. The molecular weight excluding hydrogens is 176 g/mol. The lowest BCUT2D eigenvalue weighted by molar-refractivity contribution is 0.0954. The first-order chi connectivity index (χ1) is 6.84. The van der Waals surface area contributed by atoms with Gasteiger partial charge < -0.3 is 5.32 Å². The SMILES string of the molecule is CC#CCCNC(=O)c1ccncc1. The Morgan fingerprint density at radius 2 is 2.21 bits per heavy atom. The molecular formula is C11H12N2O. The predicted molar refractivity (Wildman–Crippen MR) is 54.6 cm³/mol. The van der Waals surface area contributed by atoms with Crippen molar-refractivity contribution in [1.82, 2.24) is 10.3 Å². The summed E-state index contributed by atoms with van der Waals surface area (Å²) >= 11 is 0. The Kier molecular flexibility index (Phi) is 4.22. The highest BCUT2D eigenvalue weighted by molar-refractivity contribution is 5.93. The van der Waals surface area contributed by atoms with Crippen molar-refractivity contribution in [2.24, 2.45) is 0 Å². The van der Waals surface area contributed by atoms with Crippen LogP contribution in [0.2, 0.25) is 0 Å². The molecule has 14 heavy (non-hydrogen) atoms. The summed E-state index contributed by atoms with van der Waals surface area (Å²) in [5.41, 5.74) is 0.629. The number of aromatic nitrogens is 1. The molecule has 1 heterocycles. The summed E-state index contributed by atoms with van der Waals surface area (Å²) in [5, 5.41) is 2.76. The molecule has 0 saturated carbocycles. The fraction of sp³-hybridized carbons (Fsp3) is 0.273. The van der Waals surface area contributed by atoms with E-state index in [-0.39, 0.29) is 5.91 Å². The number of carbonyl (C=O) groups excluding carboxylic acids is 1. The van der Waals surface area contributed by atoms with Gasteiger partial charge in [-0.25, -0.2) is 0 Å². The van der Waals surface area contributed by atoms with Crippen LogP contribution in [-0.4, -0.2) is 17.4 Å². The minimum Gasteiger partial charge on any atom is -0.351 e. The van der Waals surface area contributed by atoms with E-state index in [0.717, 1.165) is 0 Å². The Labute approximate surface area is 83.6 Å². The third-order valence-corrected chi connectivity index (χ3v) is 1.65. The van der Waals surface area contributed by atoms with Gasteiger partial charge in [-0.05, 0) is 19.1 Å². The molecule has 3 heteroatoms. The summed E-state index contributed by atoms with van der Waals surface area (Å²) in [7, 11) is 0. The summed E-state index contributed by atoms with van der Waals surface area (Å²) in [6.07, 6.45) is 3.88. The van der Waals surface area contributed by atoms with E-state index < -0.39 is 0 Å². The highest BCUT2D eigenvalue weighted by atomic mass is 16.1. The zero-order valence-corrected chi connectivity index (χ0v) is 8.08. The first kappa shape index (κ1) is 10.3. The lowest BCUT2D eigenvalue weighted by Gasteiger charge is -2.01. The van der Waals surface area contributed by atoms with Gasteiger partial charge in [0.25, 0.3) is 5.91 Å². The molecule has 0 aliphatic heterocycles. The van der Waals surface area contributed by atoms with Gasteiger partial charge in [-0.3, -0.25) is 9.78 Å². The predicted octanol–water partition coefficient (Wildman–Crippen LogP) is 1.22. The number of hydrogen-bond donors (Lipinski definition) is 1. The Morgan fingerprint density at radius 1 is 1.50 bits per heavy atom. The summed E-state index contributed by atoms with van der Waals surface area (Å²) in [4.78, 5) is 15.3. The zero-order chi connectivity index (χ0) is 10.2.